The summed E-state index contributed by atoms with van der Waals surface area (Å²) < 4.78 is 21.1. The summed E-state index contributed by atoms with van der Waals surface area (Å²) in [6.07, 6.45) is -0.515. The van der Waals surface area contributed by atoms with Gasteiger partial charge in [-0.1, -0.05) is 76.2 Å². The fourth-order valence-corrected chi connectivity index (χ4v) is 12.5. The van der Waals surface area contributed by atoms with Gasteiger partial charge in [0.1, 0.15) is 5.75 Å². The number of aliphatic hydroxyl groups excluding tert-OH is 1. The van der Waals surface area contributed by atoms with Gasteiger partial charge in [-0.3, -0.25) is 50.4 Å². The van der Waals surface area contributed by atoms with Crippen LogP contribution in [0, 0.1) is 81.2 Å². The molecule has 20 nitrogen and oxygen atoms in total. The number of hydrogen-bond donors (Lipinski definition) is 3. The van der Waals surface area contributed by atoms with Crippen molar-refractivity contribution in [2.75, 3.05) is 90.0 Å². The highest BCUT2D eigenvalue weighted by Gasteiger charge is 2.50. The minimum absolute atomic E-state index is 0.0255. The van der Waals surface area contributed by atoms with E-state index in [1.54, 1.807) is 39.0 Å². The molecule has 6 aliphatic rings. The van der Waals surface area contributed by atoms with E-state index in [4.69, 9.17) is 99.4 Å². The highest BCUT2D eigenvalue weighted by atomic mass is 35.5. The van der Waals surface area contributed by atoms with E-state index in [2.05, 4.69) is 20.0 Å². The van der Waals surface area contributed by atoms with Gasteiger partial charge in [-0.25, -0.2) is 4.79 Å². The van der Waals surface area contributed by atoms with Crippen molar-refractivity contribution in [3.8, 4) is 5.75 Å². The zero-order valence-corrected chi connectivity index (χ0v) is 53.7. The van der Waals surface area contributed by atoms with Gasteiger partial charge >= 0.3 is 6.09 Å². The predicted octanol–water partition coefficient (Wildman–Crippen LogP) is 13.9. The van der Waals surface area contributed by atoms with Crippen LogP contribution in [0.3, 0.4) is 0 Å². The van der Waals surface area contributed by atoms with Gasteiger partial charge < -0.3 is 29.8 Å². The number of halogens is 6. The Hall–Kier alpha value is -5.95. The Balaban J connectivity index is 0.000000146. The van der Waals surface area contributed by atoms with Crippen molar-refractivity contribution in [1.29, 1.82) is 0 Å². The lowest BCUT2D eigenvalue weighted by molar-refractivity contribution is -0.385. The third-order valence-corrected chi connectivity index (χ3v) is 18.7. The Morgan fingerprint density at radius 2 is 0.932 bits per heavy atom. The first kappa shape index (κ1) is 68.0. The smallest absolute Gasteiger partial charge is 0.410 e. The molecule has 1 amide bonds. The zero-order chi connectivity index (χ0) is 63.8. The first-order valence-electron chi connectivity index (χ1n) is 28.0. The number of amides is 1. The lowest BCUT2D eigenvalue weighted by Gasteiger charge is -2.55. The van der Waals surface area contributed by atoms with E-state index in [-0.39, 0.29) is 34.5 Å². The van der Waals surface area contributed by atoms with Gasteiger partial charge in [0.05, 0.1) is 66.0 Å². The van der Waals surface area contributed by atoms with Gasteiger partial charge in [0, 0.05) is 149 Å². The second kappa shape index (κ2) is 29.3. The van der Waals surface area contributed by atoms with Crippen molar-refractivity contribution >= 4 is 104 Å². The summed E-state index contributed by atoms with van der Waals surface area (Å²) in [6, 6.07) is 25.2. The van der Waals surface area contributed by atoms with Crippen LogP contribution in [0.25, 0.3) is 0 Å². The number of nitro benzene ring substituents is 3. The number of benzene rings is 6. The van der Waals surface area contributed by atoms with E-state index in [0.29, 0.717) is 71.5 Å². The van der Waals surface area contributed by atoms with Crippen LogP contribution < -0.4 is 15.8 Å². The van der Waals surface area contributed by atoms with E-state index in [1.807, 2.05) is 56.3 Å². The van der Waals surface area contributed by atoms with Gasteiger partial charge in [0.15, 0.2) is 0 Å². The standard InChI is InChI=1S/C20H21ClN2O3.C13H15ClN2O3.C13H17ClN2O.C8H7Cl2NO2.C8H8ClNO3/c1-14-7-16(22-19(24)26-17-5-3-2-4-6-17)8-15(18(14)21)9-23-10-20(11-23)12-25-13-20;1-9-2-11(16(17)18)3-10(12(9)14)4-15-5-13(6-15)7-19-8-13;1-9-2-11(15)3-10(12(9)14)4-16-5-13(6-16)7-17-8-13;1-5-2-7(11(12)13)3-6(4-9)8(5)10;1-5-6(4-11)2-7(10(12)13)3-8(5)9/h2-8H,9-13H2,1H3,(H,22,24);2-3H,4-8H2,1H3;2-3H,4-8,15H2,1H3;2-3H,4H2,1H3;2-3,11H,4H2,1H3. The number of nitrogens with two attached hydrogens (primary N) is 1. The number of rotatable bonds is 13. The average molecular weight is 1330 g/mol. The zero-order valence-electron chi connectivity index (χ0n) is 49.1. The van der Waals surface area contributed by atoms with Gasteiger partial charge in [0.25, 0.3) is 17.1 Å². The SMILES string of the molecule is Cc1c(Cl)cc([N+](=O)[O-])cc1CO.Cc1cc(N)cc(CN2CC3(COC3)C2)c1Cl.Cc1cc(NC(=O)Oc2ccccc2)cc(CN2CC3(COC3)C2)c1Cl.Cc1cc([N+](=O)[O-])cc(CCl)c1Cl.Cc1cc([N+](=O)[O-])cc(CN2CC3(COC3)C2)c1Cl. The second-order valence-electron chi connectivity index (χ2n) is 23.6. The van der Waals surface area contributed by atoms with Crippen molar-refractivity contribution in [2.24, 2.45) is 16.2 Å². The quantitative estimate of drug-likeness (QED) is 0.0421. The number of nitro groups is 3. The molecule has 0 bridgehead atoms. The predicted molar refractivity (Wildman–Crippen MR) is 342 cm³/mol. The number of ether oxygens (including phenoxy) is 4. The van der Waals surface area contributed by atoms with Crippen molar-refractivity contribution in [3.05, 3.63) is 202 Å². The number of anilines is 2. The largest absolute Gasteiger partial charge is 0.417 e. The summed E-state index contributed by atoms with van der Waals surface area (Å²) in [5, 5.41) is 46.4. The molecule has 6 fully saturated rings. The number of nitrogen functional groups attached to an aromatic ring is 1. The molecular weight excluding hydrogens is 1260 g/mol. The van der Waals surface area contributed by atoms with Crippen molar-refractivity contribution in [3.63, 3.8) is 0 Å². The number of hydrogen-bond acceptors (Lipinski definition) is 16. The summed E-state index contributed by atoms with van der Waals surface area (Å²) in [7, 11) is 0. The van der Waals surface area contributed by atoms with E-state index in [0.717, 1.165) is 141 Å². The monoisotopic (exact) mass is 1330 g/mol. The van der Waals surface area contributed by atoms with Crippen LogP contribution in [0.1, 0.15) is 55.6 Å². The molecule has 0 aliphatic carbocycles. The number of non-ortho nitro benzene ring substituents is 3. The van der Waals surface area contributed by atoms with E-state index in [1.165, 1.54) is 30.3 Å². The van der Waals surface area contributed by atoms with Crippen LogP contribution in [0.15, 0.2) is 91.0 Å². The Morgan fingerprint density at radius 3 is 1.34 bits per heavy atom. The Labute approximate surface area is 540 Å². The van der Waals surface area contributed by atoms with Crippen molar-refractivity contribution in [2.45, 2.75) is 66.7 Å². The molecule has 0 saturated carbocycles. The molecule has 4 N–H and O–H groups in total. The molecule has 6 aliphatic heterocycles. The van der Waals surface area contributed by atoms with Crippen LogP contribution in [-0.2, 0) is 46.3 Å². The summed E-state index contributed by atoms with van der Waals surface area (Å²) >= 11 is 36.2. The summed E-state index contributed by atoms with van der Waals surface area (Å²) in [4.78, 5) is 49.5. The molecule has 0 atom stereocenters. The van der Waals surface area contributed by atoms with Crippen LogP contribution in [0.5, 0.6) is 5.75 Å². The minimum Gasteiger partial charge on any atom is -0.410 e. The molecule has 6 saturated heterocycles. The molecule has 0 aromatic heterocycles. The van der Waals surface area contributed by atoms with Crippen LogP contribution in [0.4, 0.5) is 33.2 Å². The number of carbonyl (C=O) groups excluding carboxylic acids is 1. The lowest BCUT2D eigenvalue weighted by Crippen LogP contribution is -2.65. The summed E-state index contributed by atoms with van der Waals surface area (Å²) in [5.41, 5.74) is 16.7. The molecule has 6 aromatic rings. The van der Waals surface area contributed by atoms with E-state index in [9.17, 15) is 35.1 Å². The summed E-state index contributed by atoms with van der Waals surface area (Å²) in [6.45, 7) is 22.8. The van der Waals surface area contributed by atoms with E-state index < -0.39 is 15.9 Å². The Kier molecular flexibility index (Phi) is 22.7. The fourth-order valence-electron chi connectivity index (χ4n) is 11.3. The third kappa shape index (κ3) is 16.9. The molecule has 12 rings (SSSR count). The highest BCUT2D eigenvalue weighted by molar-refractivity contribution is 6.34. The topological polar surface area (TPSA) is 251 Å². The molecule has 88 heavy (non-hydrogen) atoms. The van der Waals surface area contributed by atoms with Gasteiger partial charge in [-0.2, -0.15) is 0 Å². The number of alkyl halides is 1. The van der Waals surface area contributed by atoms with Gasteiger partial charge in [-0.05, 0) is 127 Å². The Bertz CT molecular complexity index is 3480. The number of aliphatic hydroxyl groups is 1. The van der Waals surface area contributed by atoms with Crippen LogP contribution in [-0.4, -0.2) is 120 Å². The second-order valence-corrected chi connectivity index (χ2v) is 25.8. The lowest BCUT2D eigenvalue weighted by atomic mass is 9.78. The number of nitrogens with one attached hydrogen (secondary N) is 1. The number of carbonyl (C=O) groups is 1. The number of aryl methyl sites for hydroxylation is 4. The molecule has 3 spiro atoms. The number of para-hydroxylation sites is 1. The molecule has 6 aromatic carbocycles. The van der Waals surface area contributed by atoms with Gasteiger partial charge in [0.2, 0.25) is 0 Å². The molecule has 0 radical (unpaired) electrons. The molecule has 470 valence electrons. The molecular formula is C62H68Cl6N8O12. The molecule has 6 heterocycles. The minimum atomic E-state index is -0.537. The first-order chi connectivity index (χ1) is 41.7. The van der Waals surface area contributed by atoms with Crippen molar-refractivity contribution in [1.82, 2.24) is 14.7 Å². The maximum atomic E-state index is 12.1. The maximum absolute atomic E-state index is 12.1. The molecule has 26 heteroatoms. The normalized spacial score (nSPS) is 17.1. The highest BCUT2D eigenvalue weighted by Crippen LogP contribution is 2.42. The van der Waals surface area contributed by atoms with Gasteiger partial charge in [-0.15, -0.1) is 11.6 Å². The van der Waals surface area contributed by atoms with Crippen molar-refractivity contribution < 1.29 is 43.6 Å². The van der Waals surface area contributed by atoms with Crippen LogP contribution >= 0.6 is 69.6 Å². The Morgan fingerprint density at radius 1 is 0.557 bits per heavy atom. The fraction of sp³-hybridized carbons (Fsp3) is 0.403. The van der Waals surface area contributed by atoms with E-state index >= 15 is 0 Å². The summed E-state index contributed by atoms with van der Waals surface area (Å²) in [5.74, 6) is 0.686. The third-order valence-electron chi connectivity index (χ3n) is 15.9. The molecule has 0 unspecified atom stereocenters. The average Bonchev–Trinajstić information content (AvgIpc) is 0.801. The number of likely N-dealkylation sites (tertiary alicyclic amines) is 3. The van der Waals surface area contributed by atoms with Crippen LogP contribution in [0.2, 0.25) is 25.1 Å². The first-order valence-corrected chi connectivity index (χ1v) is 30.4. The maximum Gasteiger partial charge on any atom is 0.417 e. The number of nitrogens with zero attached hydrogens (tertiary/aromatic N) is 6.